The predicted molar refractivity (Wildman–Crippen MR) is 116 cm³/mol. The van der Waals surface area contributed by atoms with Crippen molar-refractivity contribution >= 4 is 17.7 Å². The van der Waals surface area contributed by atoms with Crippen molar-refractivity contribution < 1.29 is 18.8 Å². The third kappa shape index (κ3) is 4.68. The minimum atomic E-state index is -0.285. The number of rotatable bonds is 7. The van der Waals surface area contributed by atoms with E-state index in [0.29, 0.717) is 34.5 Å². The first kappa shape index (κ1) is 21.1. The number of nitrogens with one attached hydrogen (secondary N) is 1. The molecule has 30 heavy (non-hydrogen) atoms. The molecule has 0 spiro atoms. The molecule has 2 aromatic carbocycles. The standard InChI is InChI=1S/C23H25N3O4/c1-14(2)22-25-23(30-26-22)18-8-6-7-15(3)21(18)24-20(27)12-10-16-9-11-17(28-4)13-19(16)29-5/h6-14H,1-5H3,(H,24,27)/b12-10+. The molecule has 0 atom stereocenters. The Balaban J connectivity index is 1.84. The smallest absolute Gasteiger partial charge is 0.260 e. The third-order valence-electron chi connectivity index (χ3n) is 4.56. The van der Waals surface area contributed by atoms with Gasteiger partial charge in [-0.1, -0.05) is 31.1 Å². The number of aryl methyl sites for hydroxylation is 1. The Morgan fingerprint density at radius 3 is 2.63 bits per heavy atom. The maximum absolute atomic E-state index is 12.6. The van der Waals surface area contributed by atoms with Gasteiger partial charge >= 0.3 is 0 Å². The van der Waals surface area contributed by atoms with Crippen LogP contribution >= 0.6 is 0 Å². The Labute approximate surface area is 175 Å². The first-order valence-electron chi connectivity index (χ1n) is 9.57. The summed E-state index contributed by atoms with van der Waals surface area (Å²) in [5.41, 5.74) is 2.96. The molecule has 156 valence electrons. The Kier molecular flexibility index (Phi) is 6.51. The normalized spacial score (nSPS) is 11.1. The lowest BCUT2D eigenvalue weighted by molar-refractivity contribution is -0.111. The number of para-hydroxylation sites is 1. The van der Waals surface area contributed by atoms with Gasteiger partial charge in [0.15, 0.2) is 5.82 Å². The number of ether oxygens (including phenoxy) is 2. The van der Waals surface area contributed by atoms with E-state index in [4.69, 9.17) is 14.0 Å². The number of benzene rings is 2. The van der Waals surface area contributed by atoms with Gasteiger partial charge in [0.05, 0.1) is 25.5 Å². The largest absolute Gasteiger partial charge is 0.497 e. The third-order valence-corrected chi connectivity index (χ3v) is 4.56. The van der Waals surface area contributed by atoms with Crippen LogP contribution in [0, 0.1) is 6.92 Å². The van der Waals surface area contributed by atoms with E-state index >= 15 is 0 Å². The average Bonchev–Trinajstić information content (AvgIpc) is 3.24. The first-order valence-corrected chi connectivity index (χ1v) is 9.57. The summed E-state index contributed by atoms with van der Waals surface area (Å²) in [4.78, 5) is 17.1. The Morgan fingerprint density at radius 2 is 1.97 bits per heavy atom. The van der Waals surface area contributed by atoms with Crippen LogP contribution in [0.3, 0.4) is 0 Å². The van der Waals surface area contributed by atoms with Gasteiger partial charge in [-0.15, -0.1) is 0 Å². The fraction of sp³-hybridized carbons (Fsp3) is 0.261. The molecule has 0 aliphatic carbocycles. The molecule has 1 aromatic heterocycles. The van der Waals surface area contributed by atoms with Crippen molar-refractivity contribution in [3.8, 4) is 23.0 Å². The summed E-state index contributed by atoms with van der Waals surface area (Å²) in [6.07, 6.45) is 3.14. The van der Waals surface area contributed by atoms with Crippen molar-refractivity contribution in [3.05, 3.63) is 59.4 Å². The summed E-state index contributed by atoms with van der Waals surface area (Å²) in [7, 11) is 3.16. The van der Waals surface area contributed by atoms with Crippen LogP contribution in [0.2, 0.25) is 0 Å². The number of carbonyl (C=O) groups is 1. The number of amides is 1. The van der Waals surface area contributed by atoms with Crippen LogP contribution in [-0.4, -0.2) is 30.3 Å². The number of aromatic nitrogens is 2. The van der Waals surface area contributed by atoms with Gasteiger partial charge in [-0.2, -0.15) is 4.98 Å². The first-order chi connectivity index (χ1) is 14.4. The molecule has 1 heterocycles. The lowest BCUT2D eigenvalue weighted by atomic mass is 10.1. The summed E-state index contributed by atoms with van der Waals surface area (Å²) in [5, 5.41) is 6.94. The molecule has 3 rings (SSSR count). The van der Waals surface area contributed by atoms with E-state index in [9.17, 15) is 4.79 Å². The van der Waals surface area contributed by atoms with Gasteiger partial charge in [-0.3, -0.25) is 4.79 Å². The molecule has 3 aromatic rings. The monoisotopic (exact) mass is 407 g/mol. The zero-order valence-corrected chi connectivity index (χ0v) is 17.7. The van der Waals surface area contributed by atoms with Gasteiger partial charge in [0.2, 0.25) is 5.91 Å². The van der Waals surface area contributed by atoms with Crippen molar-refractivity contribution in [3.63, 3.8) is 0 Å². The van der Waals surface area contributed by atoms with Gasteiger partial charge in [0.1, 0.15) is 11.5 Å². The number of hydrogen-bond acceptors (Lipinski definition) is 6. The van der Waals surface area contributed by atoms with Crippen molar-refractivity contribution in [2.75, 3.05) is 19.5 Å². The molecule has 0 unspecified atom stereocenters. The Hall–Kier alpha value is -3.61. The second-order valence-corrected chi connectivity index (χ2v) is 7.04. The SMILES string of the molecule is COc1ccc(/C=C/C(=O)Nc2c(C)cccc2-c2nc(C(C)C)no2)c(OC)c1. The van der Waals surface area contributed by atoms with E-state index in [1.807, 2.05) is 45.0 Å². The van der Waals surface area contributed by atoms with Crippen molar-refractivity contribution in [2.45, 2.75) is 26.7 Å². The molecule has 0 aliphatic heterocycles. The highest BCUT2D eigenvalue weighted by Crippen LogP contribution is 2.31. The number of methoxy groups -OCH3 is 2. The van der Waals surface area contributed by atoms with Crippen LogP contribution in [0.15, 0.2) is 47.0 Å². The van der Waals surface area contributed by atoms with Crippen LogP contribution in [0.5, 0.6) is 11.5 Å². The Morgan fingerprint density at radius 1 is 1.17 bits per heavy atom. The van der Waals surface area contributed by atoms with E-state index in [1.54, 1.807) is 32.4 Å². The molecule has 0 saturated heterocycles. The van der Waals surface area contributed by atoms with Crippen LogP contribution in [0.1, 0.15) is 36.7 Å². The molecule has 0 fully saturated rings. The van der Waals surface area contributed by atoms with Crippen LogP contribution in [0.25, 0.3) is 17.5 Å². The molecule has 0 bridgehead atoms. The second-order valence-electron chi connectivity index (χ2n) is 7.04. The molecule has 1 N–H and O–H groups in total. The quantitative estimate of drug-likeness (QED) is 0.564. The number of carbonyl (C=O) groups excluding carboxylic acids is 1. The zero-order valence-electron chi connectivity index (χ0n) is 17.7. The van der Waals surface area contributed by atoms with Crippen molar-refractivity contribution in [2.24, 2.45) is 0 Å². The summed E-state index contributed by atoms with van der Waals surface area (Å²) in [6.45, 7) is 5.90. The Bertz CT molecular complexity index is 1070. The number of hydrogen-bond donors (Lipinski definition) is 1. The lowest BCUT2D eigenvalue weighted by Crippen LogP contribution is -2.10. The van der Waals surface area contributed by atoms with Crippen LogP contribution < -0.4 is 14.8 Å². The van der Waals surface area contributed by atoms with Gasteiger partial charge in [0.25, 0.3) is 5.89 Å². The lowest BCUT2D eigenvalue weighted by Gasteiger charge is -2.10. The summed E-state index contributed by atoms with van der Waals surface area (Å²) >= 11 is 0. The maximum atomic E-state index is 12.6. The van der Waals surface area contributed by atoms with E-state index in [0.717, 1.165) is 11.1 Å². The highest BCUT2D eigenvalue weighted by atomic mass is 16.5. The summed E-state index contributed by atoms with van der Waals surface area (Å²) < 4.78 is 16.0. The van der Waals surface area contributed by atoms with Crippen molar-refractivity contribution in [1.82, 2.24) is 10.1 Å². The van der Waals surface area contributed by atoms with Crippen LogP contribution in [-0.2, 0) is 4.79 Å². The van der Waals surface area contributed by atoms with Crippen LogP contribution in [0.4, 0.5) is 5.69 Å². The fourth-order valence-corrected chi connectivity index (χ4v) is 2.88. The zero-order chi connectivity index (χ0) is 21.7. The molecule has 1 amide bonds. The van der Waals surface area contributed by atoms with Crippen molar-refractivity contribution in [1.29, 1.82) is 0 Å². The molecule has 7 nitrogen and oxygen atoms in total. The number of nitrogens with zero attached hydrogens (tertiary/aromatic N) is 2. The molecule has 0 radical (unpaired) electrons. The van der Waals surface area contributed by atoms with E-state index in [2.05, 4.69) is 15.5 Å². The fourth-order valence-electron chi connectivity index (χ4n) is 2.88. The van der Waals surface area contributed by atoms with E-state index in [1.165, 1.54) is 6.08 Å². The average molecular weight is 407 g/mol. The summed E-state index contributed by atoms with van der Waals surface area (Å²) in [6, 6.07) is 11.0. The van der Waals surface area contributed by atoms with E-state index in [-0.39, 0.29) is 11.8 Å². The number of anilines is 1. The van der Waals surface area contributed by atoms with Gasteiger partial charge < -0.3 is 19.3 Å². The highest BCUT2D eigenvalue weighted by molar-refractivity contribution is 6.04. The van der Waals surface area contributed by atoms with Gasteiger partial charge in [-0.25, -0.2) is 0 Å². The maximum Gasteiger partial charge on any atom is 0.260 e. The molecular weight excluding hydrogens is 382 g/mol. The topological polar surface area (TPSA) is 86.5 Å². The molecule has 0 aliphatic rings. The molecular formula is C23H25N3O4. The summed E-state index contributed by atoms with van der Waals surface area (Å²) in [5.74, 6) is 2.15. The predicted octanol–water partition coefficient (Wildman–Crippen LogP) is 4.84. The molecule has 0 saturated carbocycles. The van der Waals surface area contributed by atoms with E-state index < -0.39 is 0 Å². The molecule has 7 heteroatoms. The minimum Gasteiger partial charge on any atom is -0.497 e. The second kappa shape index (κ2) is 9.26. The van der Waals surface area contributed by atoms with Gasteiger partial charge in [0, 0.05) is 23.6 Å². The van der Waals surface area contributed by atoms with Gasteiger partial charge in [-0.05, 0) is 36.8 Å². The minimum absolute atomic E-state index is 0.146. The highest BCUT2D eigenvalue weighted by Gasteiger charge is 2.17.